The molecule has 0 heterocycles. The van der Waals surface area contributed by atoms with Crippen molar-refractivity contribution in [1.82, 2.24) is 9.80 Å². The molecule has 0 aliphatic rings. The van der Waals surface area contributed by atoms with E-state index in [1.54, 1.807) is 14.1 Å². The van der Waals surface area contributed by atoms with Crippen LogP contribution in [0.15, 0.2) is 0 Å². The van der Waals surface area contributed by atoms with Gasteiger partial charge in [-0.3, -0.25) is 9.59 Å². The quantitative estimate of drug-likeness (QED) is 0.700. The average molecular weight is 229 g/mol. The van der Waals surface area contributed by atoms with Crippen molar-refractivity contribution < 1.29 is 9.59 Å². The second kappa shape index (κ2) is 7.22. The lowest BCUT2D eigenvalue weighted by Gasteiger charge is -2.23. The van der Waals surface area contributed by atoms with E-state index in [2.05, 4.69) is 0 Å². The maximum absolute atomic E-state index is 11.8. The summed E-state index contributed by atoms with van der Waals surface area (Å²) in [6.07, 6.45) is 1.08. The first-order valence-electron chi connectivity index (χ1n) is 5.65. The molecule has 0 aromatic carbocycles. The minimum Gasteiger partial charge on any atom is -0.347 e. The number of amides is 2. The maximum atomic E-state index is 11.8. The fourth-order valence-electron chi connectivity index (χ4n) is 1.18. The van der Waals surface area contributed by atoms with E-state index in [9.17, 15) is 9.59 Å². The normalized spacial score (nSPS) is 12.1. The molecule has 5 heteroatoms. The van der Waals surface area contributed by atoms with Gasteiger partial charge in [0.25, 0.3) is 0 Å². The molecular formula is C11H23N3O2. The van der Waals surface area contributed by atoms with E-state index < -0.39 is 0 Å². The predicted molar refractivity (Wildman–Crippen MR) is 63.8 cm³/mol. The van der Waals surface area contributed by atoms with Crippen molar-refractivity contribution in [3.8, 4) is 0 Å². The van der Waals surface area contributed by atoms with Crippen LogP contribution >= 0.6 is 0 Å². The third-order valence-corrected chi connectivity index (χ3v) is 2.52. The molecule has 0 radical (unpaired) electrons. The van der Waals surface area contributed by atoms with Gasteiger partial charge in [-0.15, -0.1) is 0 Å². The third-order valence-electron chi connectivity index (χ3n) is 2.52. The summed E-state index contributed by atoms with van der Waals surface area (Å²) in [4.78, 5) is 26.3. The highest BCUT2D eigenvalue weighted by Crippen LogP contribution is 2.00. The number of carbonyl (C=O) groups excluding carboxylic acids is 2. The fourth-order valence-corrected chi connectivity index (χ4v) is 1.18. The van der Waals surface area contributed by atoms with Gasteiger partial charge < -0.3 is 15.5 Å². The molecule has 1 atom stereocenters. The van der Waals surface area contributed by atoms with Crippen LogP contribution < -0.4 is 5.73 Å². The standard InChI is InChI=1S/C11H23N3O2/c1-5-9(12)7-10(15)14(6-2)8-11(16)13(3)4/h9H,5-8,12H2,1-4H3. The smallest absolute Gasteiger partial charge is 0.241 e. The zero-order valence-corrected chi connectivity index (χ0v) is 10.7. The molecule has 0 aliphatic heterocycles. The van der Waals surface area contributed by atoms with Gasteiger partial charge in [0, 0.05) is 33.1 Å². The van der Waals surface area contributed by atoms with E-state index in [1.165, 1.54) is 9.80 Å². The van der Waals surface area contributed by atoms with Gasteiger partial charge in [0.15, 0.2) is 0 Å². The number of carbonyl (C=O) groups is 2. The van der Waals surface area contributed by atoms with Crippen LogP contribution in [0.3, 0.4) is 0 Å². The Morgan fingerprint density at radius 1 is 1.19 bits per heavy atom. The van der Waals surface area contributed by atoms with E-state index in [0.717, 1.165) is 6.42 Å². The molecule has 5 nitrogen and oxygen atoms in total. The van der Waals surface area contributed by atoms with E-state index in [1.807, 2.05) is 13.8 Å². The summed E-state index contributed by atoms with van der Waals surface area (Å²) < 4.78 is 0. The molecule has 0 saturated heterocycles. The number of hydrogen-bond acceptors (Lipinski definition) is 3. The zero-order valence-electron chi connectivity index (χ0n) is 10.7. The Labute approximate surface area is 97.6 Å². The maximum Gasteiger partial charge on any atom is 0.241 e. The van der Waals surface area contributed by atoms with Gasteiger partial charge in [0.2, 0.25) is 11.8 Å². The predicted octanol–water partition coefficient (Wildman–Crippen LogP) is 0.0505. The second-order valence-corrected chi connectivity index (χ2v) is 4.07. The lowest BCUT2D eigenvalue weighted by atomic mass is 10.1. The Morgan fingerprint density at radius 2 is 1.75 bits per heavy atom. The summed E-state index contributed by atoms with van der Waals surface area (Å²) >= 11 is 0. The van der Waals surface area contributed by atoms with Gasteiger partial charge in [-0.1, -0.05) is 6.92 Å². The van der Waals surface area contributed by atoms with Crippen molar-refractivity contribution in [3.05, 3.63) is 0 Å². The fraction of sp³-hybridized carbons (Fsp3) is 0.818. The van der Waals surface area contributed by atoms with Crippen molar-refractivity contribution >= 4 is 11.8 Å². The lowest BCUT2D eigenvalue weighted by Crippen LogP contribution is -2.42. The molecule has 1 unspecified atom stereocenters. The van der Waals surface area contributed by atoms with Crippen molar-refractivity contribution in [2.24, 2.45) is 5.73 Å². The summed E-state index contributed by atoms with van der Waals surface area (Å²) in [5, 5.41) is 0. The van der Waals surface area contributed by atoms with Crippen molar-refractivity contribution in [2.75, 3.05) is 27.2 Å². The molecule has 0 aromatic heterocycles. The summed E-state index contributed by atoms with van der Waals surface area (Å²) in [6.45, 7) is 4.48. The molecule has 0 saturated carbocycles. The minimum atomic E-state index is -0.115. The van der Waals surface area contributed by atoms with Crippen LogP contribution in [0.2, 0.25) is 0 Å². The van der Waals surface area contributed by atoms with Crippen molar-refractivity contribution in [2.45, 2.75) is 32.7 Å². The summed E-state index contributed by atoms with van der Waals surface area (Å²) in [7, 11) is 3.36. The molecule has 0 rings (SSSR count). The monoisotopic (exact) mass is 229 g/mol. The highest BCUT2D eigenvalue weighted by atomic mass is 16.2. The van der Waals surface area contributed by atoms with Crippen LogP contribution in [0.4, 0.5) is 0 Å². The van der Waals surface area contributed by atoms with Gasteiger partial charge in [-0.25, -0.2) is 0 Å². The Bertz CT molecular complexity index is 241. The average Bonchev–Trinajstić information content (AvgIpc) is 2.24. The molecule has 0 bridgehead atoms. The van der Waals surface area contributed by atoms with Crippen LogP contribution in [0.25, 0.3) is 0 Å². The van der Waals surface area contributed by atoms with Gasteiger partial charge >= 0.3 is 0 Å². The summed E-state index contributed by atoms with van der Waals surface area (Å²) in [5.74, 6) is -0.118. The Hall–Kier alpha value is -1.10. The topological polar surface area (TPSA) is 66.6 Å². The van der Waals surface area contributed by atoms with Gasteiger partial charge in [-0.2, -0.15) is 0 Å². The first-order chi connectivity index (χ1) is 7.42. The first-order valence-corrected chi connectivity index (χ1v) is 5.65. The van der Waals surface area contributed by atoms with E-state index >= 15 is 0 Å². The van der Waals surface area contributed by atoms with Gasteiger partial charge in [0.05, 0.1) is 6.54 Å². The SMILES string of the molecule is CCC(N)CC(=O)N(CC)CC(=O)N(C)C. The number of likely N-dealkylation sites (N-methyl/N-ethyl adjacent to an activating group) is 2. The molecule has 2 amide bonds. The highest BCUT2D eigenvalue weighted by Gasteiger charge is 2.18. The molecule has 0 spiro atoms. The lowest BCUT2D eigenvalue weighted by molar-refractivity contribution is -0.139. The van der Waals surface area contributed by atoms with E-state index in [-0.39, 0.29) is 24.4 Å². The Morgan fingerprint density at radius 3 is 2.12 bits per heavy atom. The Balaban J connectivity index is 4.27. The highest BCUT2D eigenvalue weighted by molar-refractivity contribution is 5.84. The molecule has 0 fully saturated rings. The molecule has 2 N–H and O–H groups in total. The third kappa shape index (κ3) is 5.11. The number of hydrogen-bond donors (Lipinski definition) is 1. The van der Waals surface area contributed by atoms with Crippen LogP contribution in [-0.2, 0) is 9.59 Å². The van der Waals surface area contributed by atoms with Crippen LogP contribution in [0.1, 0.15) is 26.7 Å². The van der Waals surface area contributed by atoms with Crippen LogP contribution in [0.5, 0.6) is 0 Å². The molecule has 0 aromatic rings. The molecule has 0 aliphatic carbocycles. The first kappa shape index (κ1) is 14.9. The Kier molecular flexibility index (Phi) is 6.72. The summed E-state index contributed by atoms with van der Waals surface area (Å²) in [6, 6.07) is -0.115. The van der Waals surface area contributed by atoms with Crippen LogP contribution in [-0.4, -0.2) is 54.8 Å². The van der Waals surface area contributed by atoms with Gasteiger partial charge in [0.1, 0.15) is 0 Å². The van der Waals surface area contributed by atoms with E-state index in [4.69, 9.17) is 5.73 Å². The van der Waals surface area contributed by atoms with E-state index in [0.29, 0.717) is 13.0 Å². The second-order valence-electron chi connectivity index (χ2n) is 4.07. The largest absolute Gasteiger partial charge is 0.347 e. The summed E-state index contributed by atoms with van der Waals surface area (Å²) in [5.41, 5.74) is 5.71. The number of nitrogens with zero attached hydrogens (tertiary/aromatic N) is 2. The zero-order chi connectivity index (χ0) is 12.7. The number of nitrogens with two attached hydrogens (primary N) is 1. The number of rotatable bonds is 6. The minimum absolute atomic E-state index is 0.0490. The molecular weight excluding hydrogens is 206 g/mol. The molecule has 16 heavy (non-hydrogen) atoms. The van der Waals surface area contributed by atoms with Crippen LogP contribution in [0, 0.1) is 0 Å². The van der Waals surface area contributed by atoms with Crippen molar-refractivity contribution in [3.63, 3.8) is 0 Å². The molecule has 94 valence electrons. The van der Waals surface area contributed by atoms with Crippen molar-refractivity contribution in [1.29, 1.82) is 0 Å². The van der Waals surface area contributed by atoms with Gasteiger partial charge in [-0.05, 0) is 13.3 Å².